The van der Waals surface area contributed by atoms with E-state index in [-0.39, 0.29) is 5.78 Å². The first-order valence-corrected chi connectivity index (χ1v) is 9.30. The highest BCUT2D eigenvalue weighted by atomic mass is 16.5. The predicted molar refractivity (Wildman–Crippen MR) is 107 cm³/mol. The molecule has 1 atom stereocenters. The largest absolute Gasteiger partial charge is 0.492 e. The number of amides is 1. The van der Waals surface area contributed by atoms with Crippen LogP contribution in [0.3, 0.4) is 0 Å². The first kappa shape index (κ1) is 18.7. The number of fused-ring (bicyclic) bond motifs is 1. The molecular weight excluding hydrogens is 368 g/mol. The number of aromatic nitrogens is 1. The van der Waals surface area contributed by atoms with Crippen LogP contribution in [0, 0.1) is 6.92 Å². The Bertz CT molecular complexity index is 1060. The molecule has 0 spiro atoms. The number of nitrogens with two attached hydrogens (primary N) is 1. The highest BCUT2D eigenvalue weighted by molar-refractivity contribution is 6.00. The Labute approximate surface area is 168 Å². The van der Waals surface area contributed by atoms with Crippen LogP contribution in [0.25, 0.3) is 0 Å². The number of nitrogens with zero attached hydrogens (tertiary/aromatic N) is 1. The molecule has 6 heteroatoms. The Balaban J connectivity index is 1.73. The molecule has 1 amide bonds. The lowest BCUT2D eigenvalue weighted by Crippen LogP contribution is -2.16. The number of carbonyl (C=O) groups is 2. The van der Waals surface area contributed by atoms with Gasteiger partial charge in [-0.25, -0.2) is 0 Å². The lowest BCUT2D eigenvalue weighted by Gasteiger charge is -2.24. The van der Waals surface area contributed by atoms with Crippen molar-refractivity contribution in [3.63, 3.8) is 0 Å². The van der Waals surface area contributed by atoms with Crippen molar-refractivity contribution in [1.82, 2.24) is 4.98 Å². The van der Waals surface area contributed by atoms with Gasteiger partial charge in [-0.3, -0.25) is 14.6 Å². The summed E-state index contributed by atoms with van der Waals surface area (Å²) in [6.07, 6.45) is 3.35. The number of pyridine rings is 1. The van der Waals surface area contributed by atoms with Crippen LogP contribution in [0.2, 0.25) is 0 Å². The molecule has 3 aromatic rings. The Morgan fingerprint density at radius 2 is 1.79 bits per heavy atom. The Kier molecular flexibility index (Phi) is 4.99. The van der Waals surface area contributed by atoms with E-state index < -0.39 is 12.0 Å². The average molecular weight is 388 g/mol. The monoisotopic (exact) mass is 388 g/mol. The van der Waals surface area contributed by atoms with E-state index in [2.05, 4.69) is 4.98 Å². The van der Waals surface area contributed by atoms with Crippen LogP contribution in [0.15, 0.2) is 60.9 Å². The molecule has 4 rings (SSSR count). The summed E-state index contributed by atoms with van der Waals surface area (Å²) in [5.74, 6) is 0.762. The van der Waals surface area contributed by atoms with Crippen LogP contribution >= 0.6 is 0 Å². The molecule has 1 unspecified atom stereocenters. The molecule has 0 saturated carbocycles. The predicted octanol–water partition coefficient (Wildman–Crippen LogP) is 3.62. The fraction of sp³-hybridized carbons (Fsp3) is 0.174. The molecule has 0 saturated heterocycles. The van der Waals surface area contributed by atoms with Crippen LogP contribution in [0.5, 0.6) is 11.5 Å². The quantitative estimate of drug-likeness (QED) is 0.721. The van der Waals surface area contributed by atoms with E-state index in [4.69, 9.17) is 15.2 Å². The number of hydrogen-bond donors (Lipinski definition) is 1. The zero-order chi connectivity index (χ0) is 20.4. The second-order valence-electron chi connectivity index (χ2n) is 6.90. The third-order valence-corrected chi connectivity index (χ3v) is 4.92. The molecule has 2 heterocycles. The van der Waals surface area contributed by atoms with Crippen molar-refractivity contribution in [3.8, 4) is 11.5 Å². The van der Waals surface area contributed by atoms with Gasteiger partial charge in [0.1, 0.15) is 17.6 Å². The number of hydrogen-bond acceptors (Lipinski definition) is 5. The van der Waals surface area contributed by atoms with E-state index in [1.165, 1.54) is 0 Å². The minimum Gasteiger partial charge on any atom is -0.492 e. The lowest BCUT2D eigenvalue weighted by atomic mass is 9.99. The fourth-order valence-corrected chi connectivity index (χ4v) is 3.34. The first-order chi connectivity index (χ1) is 14.0. The third kappa shape index (κ3) is 3.82. The van der Waals surface area contributed by atoms with E-state index in [0.29, 0.717) is 35.7 Å². The molecular formula is C23H20N2O4. The number of Topliss-reactive ketones (excluding diaryl/α,β-unsaturated/α-hetero) is 1. The van der Waals surface area contributed by atoms with Crippen molar-refractivity contribution in [3.05, 3.63) is 88.7 Å². The third-order valence-electron chi connectivity index (χ3n) is 4.92. The molecule has 0 bridgehead atoms. The molecule has 6 nitrogen and oxygen atoms in total. The molecule has 29 heavy (non-hydrogen) atoms. The van der Waals surface area contributed by atoms with Gasteiger partial charge >= 0.3 is 0 Å². The van der Waals surface area contributed by atoms with Crippen molar-refractivity contribution in [2.45, 2.75) is 19.4 Å². The topological polar surface area (TPSA) is 91.5 Å². The summed E-state index contributed by atoms with van der Waals surface area (Å²) in [5, 5.41) is 0. The molecule has 1 aromatic heterocycles. The van der Waals surface area contributed by atoms with E-state index in [9.17, 15) is 9.59 Å². The summed E-state index contributed by atoms with van der Waals surface area (Å²) >= 11 is 0. The van der Waals surface area contributed by atoms with Crippen LogP contribution in [0.4, 0.5) is 0 Å². The summed E-state index contributed by atoms with van der Waals surface area (Å²) in [7, 11) is 0. The highest BCUT2D eigenvalue weighted by Crippen LogP contribution is 2.36. The van der Waals surface area contributed by atoms with Crippen LogP contribution < -0.4 is 15.2 Å². The zero-order valence-corrected chi connectivity index (χ0v) is 15.9. The van der Waals surface area contributed by atoms with Gasteiger partial charge in [0.15, 0.2) is 5.78 Å². The van der Waals surface area contributed by atoms with Crippen molar-refractivity contribution in [1.29, 1.82) is 0 Å². The smallest absolute Gasteiger partial charge is 0.248 e. The van der Waals surface area contributed by atoms with Gasteiger partial charge in [0.25, 0.3) is 0 Å². The van der Waals surface area contributed by atoms with Crippen LogP contribution in [-0.2, 0) is 0 Å². The molecule has 1 aliphatic rings. The molecule has 0 radical (unpaired) electrons. The Morgan fingerprint density at radius 1 is 1.10 bits per heavy atom. The standard InChI is InChI=1S/C23H20N2O4/c1-14-12-18-19(26)8-11-28-21(18)13-20(14)29-22(16-6-9-25-10-7-16)15-2-4-17(5-3-15)23(24)27/h2-7,9-10,12-13,22H,8,11H2,1H3,(H2,24,27). The SMILES string of the molecule is Cc1cc2c(cc1OC(c1ccncc1)c1ccc(C(N)=O)cc1)OCCC2=O. The number of carbonyl (C=O) groups excluding carboxylic acids is 2. The molecule has 2 aromatic carbocycles. The summed E-state index contributed by atoms with van der Waals surface area (Å²) < 4.78 is 12.0. The van der Waals surface area contributed by atoms with Crippen molar-refractivity contribution >= 4 is 11.7 Å². The van der Waals surface area contributed by atoms with Crippen molar-refractivity contribution < 1.29 is 19.1 Å². The van der Waals surface area contributed by atoms with E-state index >= 15 is 0 Å². The Morgan fingerprint density at radius 3 is 2.48 bits per heavy atom. The average Bonchev–Trinajstić information content (AvgIpc) is 2.74. The fourth-order valence-electron chi connectivity index (χ4n) is 3.34. The van der Waals surface area contributed by atoms with Gasteiger partial charge in [0.05, 0.1) is 12.2 Å². The summed E-state index contributed by atoms with van der Waals surface area (Å²) in [6, 6.07) is 14.3. The maximum absolute atomic E-state index is 12.1. The molecule has 0 fully saturated rings. The Hall–Kier alpha value is -3.67. The molecule has 1 aliphatic heterocycles. The summed E-state index contributed by atoms with van der Waals surface area (Å²) in [4.78, 5) is 27.6. The number of benzene rings is 2. The van der Waals surface area contributed by atoms with Gasteiger partial charge < -0.3 is 15.2 Å². The van der Waals surface area contributed by atoms with Gasteiger partial charge in [0.2, 0.25) is 5.91 Å². The van der Waals surface area contributed by atoms with Crippen LogP contribution in [0.1, 0.15) is 49.9 Å². The second-order valence-corrected chi connectivity index (χ2v) is 6.90. The minimum atomic E-state index is -0.481. The maximum atomic E-state index is 12.1. The first-order valence-electron chi connectivity index (χ1n) is 9.30. The number of ether oxygens (including phenoxy) is 2. The summed E-state index contributed by atoms with van der Waals surface area (Å²) in [5.41, 5.74) is 8.97. The molecule has 146 valence electrons. The van der Waals surface area contributed by atoms with Gasteiger partial charge in [-0.15, -0.1) is 0 Å². The van der Waals surface area contributed by atoms with E-state index in [1.54, 1.807) is 30.6 Å². The van der Waals surface area contributed by atoms with Crippen molar-refractivity contribution in [2.24, 2.45) is 5.73 Å². The van der Waals surface area contributed by atoms with Crippen LogP contribution in [-0.4, -0.2) is 23.3 Å². The number of rotatable bonds is 5. The van der Waals surface area contributed by atoms with Gasteiger partial charge in [-0.2, -0.15) is 0 Å². The normalized spacial score (nSPS) is 13.9. The van der Waals surface area contributed by atoms with E-state index in [1.807, 2.05) is 37.3 Å². The zero-order valence-electron chi connectivity index (χ0n) is 15.9. The van der Waals surface area contributed by atoms with E-state index in [0.717, 1.165) is 16.7 Å². The van der Waals surface area contributed by atoms with Crippen molar-refractivity contribution in [2.75, 3.05) is 6.61 Å². The molecule has 0 aliphatic carbocycles. The second kappa shape index (κ2) is 7.75. The van der Waals surface area contributed by atoms with Gasteiger partial charge in [0, 0.05) is 30.4 Å². The number of ketones is 1. The number of primary amides is 1. The number of aryl methyl sites for hydroxylation is 1. The lowest BCUT2D eigenvalue weighted by molar-refractivity contribution is 0.0931. The summed E-state index contributed by atoms with van der Waals surface area (Å²) in [6.45, 7) is 2.27. The highest BCUT2D eigenvalue weighted by Gasteiger charge is 2.23. The minimum absolute atomic E-state index is 0.0774. The maximum Gasteiger partial charge on any atom is 0.248 e. The van der Waals surface area contributed by atoms with Gasteiger partial charge in [-0.05, 0) is 53.9 Å². The van der Waals surface area contributed by atoms with Gasteiger partial charge in [-0.1, -0.05) is 12.1 Å². The molecule has 2 N–H and O–H groups in total.